The molecule has 1 N–H and O–H groups in total. The number of furan rings is 1. The molecule has 2 aromatic heterocycles. The first-order valence-corrected chi connectivity index (χ1v) is 9.92. The number of rotatable bonds is 8. The quantitative estimate of drug-likeness (QED) is 0.341. The second-order valence-electron chi connectivity index (χ2n) is 6.89. The number of aromatic nitrogens is 1. The molecule has 2 aromatic carbocycles. The first-order valence-electron chi connectivity index (χ1n) is 9.92. The van der Waals surface area contributed by atoms with Crippen LogP contribution >= 0.6 is 0 Å². The number of ether oxygens (including phenoxy) is 1. The number of hydrogen-bond acceptors (Lipinski definition) is 4. The third-order valence-electron chi connectivity index (χ3n) is 4.83. The Balaban J connectivity index is 1.52. The zero-order chi connectivity index (χ0) is 21.5. The van der Waals surface area contributed by atoms with Crippen molar-refractivity contribution in [2.75, 3.05) is 6.61 Å². The van der Waals surface area contributed by atoms with E-state index in [9.17, 15) is 10.1 Å². The molecule has 6 nitrogen and oxygen atoms in total. The lowest BCUT2D eigenvalue weighted by molar-refractivity contribution is -0.117. The molecule has 0 unspecified atom stereocenters. The van der Waals surface area contributed by atoms with Crippen LogP contribution in [0.5, 0.6) is 5.75 Å². The van der Waals surface area contributed by atoms with Crippen LogP contribution in [0.15, 0.2) is 89.2 Å². The third-order valence-corrected chi connectivity index (χ3v) is 4.83. The molecule has 31 heavy (non-hydrogen) atoms. The molecule has 0 spiro atoms. The van der Waals surface area contributed by atoms with Crippen molar-refractivity contribution in [3.05, 3.63) is 96.1 Å². The van der Waals surface area contributed by atoms with Gasteiger partial charge in [0.1, 0.15) is 29.8 Å². The van der Waals surface area contributed by atoms with E-state index in [1.54, 1.807) is 24.5 Å². The van der Waals surface area contributed by atoms with Crippen LogP contribution in [0, 0.1) is 11.3 Å². The van der Waals surface area contributed by atoms with E-state index in [0.29, 0.717) is 18.9 Å². The molecule has 4 rings (SSSR count). The molecule has 0 bridgehead atoms. The van der Waals surface area contributed by atoms with Crippen LogP contribution in [0.25, 0.3) is 17.0 Å². The van der Waals surface area contributed by atoms with Crippen molar-refractivity contribution in [1.29, 1.82) is 5.26 Å². The average molecular weight is 411 g/mol. The largest absolute Gasteiger partial charge is 0.492 e. The molecule has 0 atom stereocenters. The fourth-order valence-corrected chi connectivity index (χ4v) is 3.33. The Labute approximate surface area is 180 Å². The van der Waals surface area contributed by atoms with Gasteiger partial charge in [-0.05, 0) is 36.4 Å². The highest BCUT2D eigenvalue weighted by molar-refractivity contribution is 6.04. The lowest BCUT2D eigenvalue weighted by Crippen LogP contribution is -2.23. The maximum Gasteiger partial charge on any atom is 0.262 e. The molecule has 0 aliphatic rings. The lowest BCUT2D eigenvalue weighted by atomic mass is 10.1. The Bertz CT molecular complexity index is 1230. The summed E-state index contributed by atoms with van der Waals surface area (Å²) in [5.74, 6) is 1.00. The monoisotopic (exact) mass is 411 g/mol. The first kappa shape index (κ1) is 20.0. The van der Waals surface area contributed by atoms with Gasteiger partial charge in [0.15, 0.2) is 0 Å². The van der Waals surface area contributed by atoms with Crippen LogP contribution in [0.3, 0.4) is 0 Å². The van der Waals surface area contributed by atoms with E-state index in [1.165, 1.54) is 0 Å². The number of hydrogen-bond donors (Lipinski definition) is 1. The van der Waals surface area contributed by atoms with Crippen LogP contribution in [0.1, 0.15) is 11.3 Å². The second-order valence-corrected chi connectivity index (χ2v) is 6.89. The van der Waals surface area contributed by atoms with E-state index < -0.39 is 5.91 Å². The molecule has 0 aliphatic carbocycles. The summed E-state index contributed by atoms with van der Waals surface area (Å²) in [4.78, 5) is 12.5. The SMILES string of the molecule is N#CC(=Cc1cn(CCOc2ccccc2)c2ccccc12)C(=O)NCc1ccco1. The molecule has 1 amide bonds. The molecule has 4 aromatic rings. The molecule has 154 valence electrons. The highest BCUT2D eigenvalue weighted by atomic mass is 16.5. The summed E-state index contributed by atoms with van der Waals surface area (Å²) in [5.41, 5.74) is 1.86. The van der Waals surface area contributed by atoms with E-state index in [1.807, 2.05) is 66.9 Å². The van der Waals surface area contributed by atoms with Crippen molar-refractivity contribution in [3.8, 4) is 11.8 Å². The highest BCUT2D eigenvalue weighted by Gasteiger charge is 2.13. The number of nitriles is 1. The first-order chi connectivity index (χ1) is 15.2. The fraction of sp³-hybridized carbons (Fsp3) is 0.120. The summed E-state index contributed by atoms with van der Waals surface area (Å²) in [6.07, 6.45) is 5.10. The third kappa shape index (κ3) is 4.85. The summed E-state index contributed by atoms with van der Waals surface area (Å²) in [5, 5.41) is 13.2. The van der Waals surface area contributed by atoms with Crippen LogP contribution in [0.2, 0.25) is 0 Å². The van der Waals surface area contributed by atoms with Gasteiger partial charge in [-0.3, -0.25) is 4.79 Å². The van der Waals surface area contributed by atoms with E-state index in [2.05, 4.69) is 9.88 Å². The van der Waals surface area contributed by atoms with E-state index >= 15 is 0 Å². The van der Waals surface area contributed by atoms with Gasteiger partial charge in [-0.25, -0.2) is 0 Å². The minimum Gasteiger partial charge on any atom is -0.492 e. The van der Waals surface area contributed by atoms with Crippen molar-refractivity contribution in [2.24, 2.45) is 0 Å². The predicted octanol–water partition coefficient (Wildman–Crippen LogP) is 4.54. The molecule has 2 heterocycles. The number of benzene rings is 2. The van der Waals surface area contributed by atoms with Gasteiger partial charge < -0.3 is 19.0 Å². The Morgan fingerprint density at radius 3 is 2.68 bits per heavy atom. The summed E-state index contributed by atoms with van der Waals surface area (Å²) in [7, 11) is 0. The molecule has 0 radical (unpaired) electrons. The minimum atomic E-state index is -0.442. The van der Waals surface area contributed by atoms with Crippen molar-refractivity contribution >= 4 is 22.9 Å². The maximum absolute atomic E-state index is 12.5. The summed E-state index contributed by atoms with van der Waals surface area (Å²) in [6.45, 7) is 1.36. The maximum atomic E-state index is 12.5. The van der Waals surface area contributed by atoms with Gasteiger partial charge in [0.05, 0.1) is 19.4 Å². The van der Waals surface area contributed by atoms with Gasteiger partial charge in [0.25, 0.3) is 5.91 Å². The number of fused-ring (bicyclic) bond motifs is 1. The predicted molar refractivity (Wildman–Crippen MR) is 118 cm³/mol. The molecular formula is C25H21N3O3. The molecule has 6 heteroatoms. The molecule has 0 fully saturated rings. The standard InChI is InChI=1S/C25H21N3O3/c26-16-19(25(29)27-17-22-9-6-13-30-22)15-20-18-28(24-11-5-4-10-23(20)24)12-14-31-21-7-2-1-3-8-21/h1-11,13,15,18H,12,14,17H2,(H,27,29). The number of nitrogens with zero attached hydrogens (tertiary/aromatic N) is 2. The van der Waals surface area contributed by atoms with Crippen molar-refractivity contribution in [2.45, 2.75) is 13.1 Å². The smallest absolute Gasteiger partial charge is 0.262 e. The van der Waals surface area contributed by atoms with E-state index in [4.69, 9.17) is 9.15 Å². The Morgan fingerprint density at radius 2 is 1.90 bits per heavy atom. The van der Waals surface area contributed by atoms with Crippen LogP contribution in [0.4, 0.5) is 0 Å². The van der Waals surface area contributed by atoms with Gasteiger partial charge in [0, 0.05) is 22.7 Å². The van der Waals surface area contributed by atoms with Gasteiger partial charge in [0.2, 0.25) is 0 Å². The van der Waals surface area contributed by atoms with Crippen LogP contribution in [-0.2, 0) is 17.9 Å². The number of carbonyl (C=O) groups is 1. The second kappa shape index (κ2) is 9.51. The highest BCUT2D eigenvalue weighted by Crippen LogP contribution is 2.24. The van der Waals surface area contributed by atoms with Crippen molar-refractivity contribution < 1.29 is 13.9 Å². The normalized spacial score (nSPS) is 11.3. The van der Waals surface area contributed by atoms with E-state index in [0.717, 1.165) is 22.2 Å². The van der Waals surface area contributed by atoms with Crippen LogP contribution in [-0.4, -0.2) is 17.1 Å². The van der Waals surface area contributed by atoms with Gasteiger partial charge in [-0.1, -0.05) is 36.4 Å². The molecular weight excluding hydrogens is 390 g/mol. The van der Waals surface area contributed by atoms with Gasteiger partial charge in [-0.2, -0.15) is 5.26 Å². The minimum absolute atomic E-state index is 0.0370. The number of nitrogens with one attached hydrogen (secondary N) is 1. The number of amides is 1. The van der Waals surface area contributed by atoms with Crippen LogP contribution < -0.4 is 10.1 Å². The summed E-state index contributed by atoms with van der Waals surface area (Å²) in [6, 6.07) is 23.1. The zero-order valence-electron chi connectivity index (χ0n) is 16.8. The zero-order valence-corrected chi connectivity index (χ0v) is 16.8. The topological polar surface area (TPSA) is 80.2 Å². The average Bonchev–Trinajstić information content (AvgIpc) is 3.45. The molecule has 0 aliphatic heterocycles. The summed E-state index contributed by atoms with van der Waals surface area (Å²) >= 11 is 0. The van der Waals surface area contributed by atoms with Gasteiger partial charge >= 0.3 is 0 Å². The fourth-order valence-electron chi connectivity index (χ4n) is 3.33. The van der Waals surface area contributed by atoms with E-state index in [-0.39, 0.29) is 12.1 Å². The number of para-hydroxylation sites is 2. The van der Waals surface area contributed by atoms with Gasteiger partial charge in [-0.15, -0.1) is 0 Å². The van der Waals surface area contributed by atoms with Crippen molar-refractivity contribution in [3.63, 3.8) is 0 Å². The van der Waals surface area contributed by atoms with Crippen molar-refractivity contribution in [1.82, 2.24) is 9.88 Å². The molecule has 0 saturated heterocycles. The molecule has 0 saturated carbocycles. The Hall–Kier alpha value is -4.24. The summed E-state index contributed by atoms with van der Waals surface area (Å²) < 4.78 is 13.1. The number of carbonyl (C=O) groups excluding carboxylic acids is 1. The Kier molecular flexibility index (Phi) is 6.15. The lowest BCUT2D eigenvalue weighted by Gasteiger charge is -2.08. The Morgan fingerprint density at radius 1 is 1.10 bits per heavy atom.